The molecule has 0 atom stereocenters. The van der Waals surface area contributed by atoms with Gasteiger partial charge in [0, 0.05) is 28.7 Å². The Morgan fingerprint density at radius 2 is 1.83 bits per heavy atom. The van der Waals surface area contributed by atoms with Crippen molar-refractivity contribution in [3.05, 3.63) is 53.3 Å². The van der Waals surface area contributed by atoms with Crippen molar-refractivity contribution < 1.29 is 4.79 Å². The SMILES string of the molecule is Cc1cc(C(=O)CNc2ccccc2)c(C)n1C1CCCCC1. The Balaban J connectivity index is 1.73. The predicted molar refractivity (Wildman–Crippen MR) is 95.3 cm³/mol. The zero-order chi connectivity index (χ0) is 16.2. The van der Waals surface area contributed by atoms with E-state index >= 15 is 0 Å². The van der Waals surface area contributed by atoms with Crippen LogP contribution in [0.5, 0.6) is 0 Å². The van der Waals surface area contributed by atoms with E-state index in [4.69, 9.17) is 0 Å². The van der Waals surface area contributed by atoms with Gasteiger partial charge in [-0.1, -0.05) is 37.5 Å². The van der Waals surface area contributed by atoms with E-state index in [0.717, 1.165) is 16.9 Å². The van der Waals surface area contributed by atoms with Crippen molar-refractivity contribution in [2.24, 2.45) is 0 Å². The van der Waals surface area contributed by atoms with Gasteiger partial charge in [-0.3, -0.25) is 4.79 Å². The Hall–Kier alpha value is -2.03. The van der Waals surface area contributed by atoms with Crippen LogP contribution in [0.2, 0.25) is 0 Å². The van der Waals surface area contributed by atoms with Gasteiger partial charge in [-0.2, -0.15) is 0 Å². The lowest BCUT2D eigenvalue weighted by molar-refractivity contribution is 0.101. The molecule has 0 unspecified atom stereocenters. The summed E-state index contributed by atoms with van der Waals surface area (Å²) in [5.74, 6) is 0.170. The lowest BCUT2D eigenvalue weighted by atomic mass is 9.95. The van der Waals surface area contributed by atoms with Crippen molar-refractivity contribution in [1.29, 1.82) is 0 Å². The highest BCUT2D eigenvalue weighted by atomic mass is 16.1. The van der Waals surface area contributed by atoms with E-state index < -0.39 is 0 Å². The molecule has 3 heteroatoms. The van der Waals surface area contributed by atoms with Gasteiger partial charge in [0.25, 0.3) is 0 Å². The molecule has 1 fully saturated rings. The maximum absolute atomic E-state index is 12.6. The number of anilines is 1. The standard InChI is InChI=1S/C20H26N2O/c1-15-13-19(16(2)22(15)18-11-7-4-8-12-18)20(23)14-21-17-9-5-3-6-10-17/h3,5-6,9-10,13,18,21H,4,7-8,11-12,14H2,1-2H3. The number of rotatable bonds is 5. The first-order chi connectivity index (χ1) is 11.2. The van der Waals surface area contributed by atoms with Crippen LogP contribution in [0.15, 0.2) is 36.4 Å². The topological polar surface area (TPSA) is 34.0 Å². The molecule has 1 aromatic heterocycles. The number of nitrogens with zero attached hydrogens (tertiary/aromatic N) is 1. The molecule has 2 aromatic rings. The number of benzene rings is 1. The summed E-state index contributed by atoms with van der Waals surface area (Å²) in [7, 11) is 0. The fraction of sp³-hybridized carbons (Fsp3) is 0.450. The molecule has 3 rings (SSSR count). The molecule has 122 valence electrons. The van der Waals surface area contributed by atoms with E-state index in [9.17, 15) is 4.79 Å². The van der Waals surface area contributed by atoms with Crippen molar-refractivity contribution in [2.75, 3.05) is 11.9 Å². The maximum atomic E-state index is 12.6. The van der Waals surface area contributed by atoms with Gasteiger partial charge >= 0.3 is 0 Å². The van der Waals surface area contributed by atoms with Gasteiger partial charge in [0.05, 0.1) is 6.54 Å². The van der Waals surface area contributed by atoms with Gasteiger partial charge in [0.15, 0.2) is 5.78 Å². The maximum Gasteiger partial charge on any atom is 0.183 e. The molecule has 0 radical (unpaired) electrons. The van der Waals surface area contributed by atoms with Gasteiger partial charge in [-0.25, -0.2) is 0 Å². The third-order valence-electron chi connectivity index (χ3n) is 4.95. The first-order valence-electron chi connectivity index (χ1n) is 8.67. The quantitative estimate of drug-likeness (QED) is 0.797. The minimum absolute atomic E-state index is 0.170. The van der Waals surface area contributed by atoms with E-state index in [2.05, 4.69) is 29.8 Å². The summed E-state index contributed by atoms with van der Waals surface area (Å²) in [4.78, 5) is 12.6. The molecule has 0 aliphatic heterocycles. The Bertz CT molecular complexity index is 666. The van der Waals surface area contributed by atoms with Crippen LogP contribution in [-0.4, -0.2) is 16.9 Å². The second-order valence-corrected chi connectivity index (χ2v) is 6.59. The lowest BCUT2D eigenvalue weighted by Gasteiger charge is -2.26. The number of para-hydroxylation sites is 1. The molecule has 0 amide bonds. The second-order valence-electron chi connectivity index (χ2n) is 6.59. The molecule has 1 aromatic carbocycles. The highest BCUT2D eigenvalue weighted by Gasteiger charge is 2.22. The Morgan fingerprint density at radius 1 is 1.13 bits per heavy atom. The second kappa shape index (κ2) is 7.03. The number of hydrogen-bond donors (Lipinski definition) is 1. The fourth-order valence-electron chi connectivity index (χ4n) is 3.79. The summed E-state index contributed by atoms with van der Waals surface area (Å²) in [6.45, 7) is 4.57. The molecule has 1 N–H and O–H groups in total. The molecule has 3 nitrogen and oxygen atoms in total. The number of ketones is 1. The highest BCUT2D eigenvalue weighted by molar-refractivity contribution is 6.00. The Labute approximate surface area is 138 Å². The van der Waals surface area contributed by atoms with Crippen molar-refractivity contribution in [3.63, 3.8) is 0 Å². The molecule has 1 aliphatic rings. The number of aromatic nitrogens is 1. The van der Waals surface area contributed by atoms with Crippen LogP contribution in [0.25, 0.3) is 0 Å². The normalized spacial score (nSPS) is 15.6. The third-order valence-corrected chi connectivity index (χ3v) is 4.95. The molecule has 1 aliphatic carbocycles. The number of carbonyl (C=O) groups is 1. The lowest BCUT2D eigenvalue weighted by Crippen LogP contribution is -2.17. The van der Waals surface area contributed by atoms with Gasteiger partial charge in [0.2, 0.25) is 0 Å². The first-order valence-corrected chi connectivity index (χ1v) is 8.67. The zero-order valence-electron chi connectivity index (χ0n) is 14.1. The van der Waals surface area contributed by atoms with Crippen LogP contribution >= 0.6 is 0 Å². The van der Waals surface area contributed by atoms with Gasteiger partial charge in [-0.05, 0) is 44.9 Å². The van der Waals surface area contributed by atoms with Gasteiger partial charge < -0.3 is 9.88 Å². The largest absolute Gasteiger partial charge is 0.378 e. The first kappa shape index (κ1) is 15.9. The average Bonchev–Trinajstić information content (AvgIpc) is 2.89. The van der Waals surface area contributed by atoms with Crippen LogP contribution in [0, 0.1) is 13.8 Å². The van der Waals surface area contributed by atoms with Crippen molar-refractivity contribution in [3.8, 4) is 0 Å². The van der Waals surface area contributed by atoms with Crippen molar-refractivity contribution >= 4 is 11.5 Å². The van der Waals surface area contributed by atoms with E-state index in [1.807, 2.05) is 30.3 Å². The monoisotopic (exact) mass is 310 g/mol. The van der Waals surface area contributed by atoms with E-state index in [1.54, 1.807) is 0 Å². The molecule has 23 heavy (non-hydrogen) atoms. The van der Waals surface area contributed by atoms with Gasteiger partial charge in [0.1, 0.15) is 0 Å². The Morgan fingerprint density at radius 3 is 2.52 bits per heavy atom. The molecule has 0 bridgehead atoms. The van der Waals surface area contributed by atoms with E-state index in [0.29, 0.717) is 12.6 Å². The number of hydrogen-bond acceptors (Lipinski definition) is 2. The van der Waals surface area contributed by atoms with Crippen LogP contribution in [-0.2, 0) is 0 Å². The number of aryl methyl sites for hydroxylation is 1. The van der Waals surface area contributed by atoms with E-state index in [1.165, 1.54) is 37.8 Å². The number of nitrogens with one attached hydrogen (secondary N) is 1. The Kier molecular flexibility index (Phi) is 4.85. The highest BCUT2D eigenvalue weighted by Crippen LogP contribution is 2.32. The third kappa shape index (κ3) is 3.49. The smallest absolute Gasteiger partial charge is 0.183 e. The molecule has 0 spiro atoms. The summed E-state index contributed by atoms with van der Waals surface area (Å²) in [6, 6.07) is 12.5. The average molecular weight is 310 g/mol. The van der Waals surface area contributed by atoms with Gasteiger partial charge in [-0.15, -0.1) is 0 Å². The number of carbonyl (C=O) groups excluding carboxylic acids is 1. The summed E-state index contributed by atoms with van der Waals surface area (Å²) >= 11 is 0. The minimum Gasteiger partial charge on any atom is -0.378 e. The summed E-state index contributed by atoms with van der Waals surface area (Å²) in [5.41, 5.74) is 4.21. The van der Waals surface area contributed by atoms with E-state index in [-0.39, 0.29) is 5.78 Å². The van der Waals surface area contributed by atoms with Crippen LogP contribution in [0.3, 0.4) is 0 Å². The van der Waals surface area contributed by atoms with Crippen LogP contribution in [0.4, 0.5) is 5.69 Å². The summed E-state index contributed by atoms with van der Waals surface area (Å²) in [6.07, 6.45) is 6.45. The molecule has 0 saturated heterocycles. The summed E-state index contributed by atoms with van der Waals surface area (Å²) in [5, 5.41) is 3.22. The summed E-state index contributed by atoms with van der Waals surface area (Å²) < 4.78 is 2.40. The zero-order valence-corrected chi connectivity index (χ0v) is 14.1. The molecular formula is C20H26N2O. The molecule has 1 saturated carbocycles. The van der Waals surface area contributed by atoms with Crippen molar-refractivity contribution in [1.82, 2.24) is 4.57 Å². The van der Waals surface area contributed by atoms with Crippen molar-refractivity contribution in [2.45, 2.75) is 52.0 Å². The molecular weight excluding hydrogens is 284 g/mol. The predicted octanol–water partition coefficient (Wildman–Crippen LogP) is 4.90. The van der Waals surface area contributed by atoms with Crippen LogP contribution in [0.1, 0.15) is 59.9 Å². The molecule has 1 heterocycles. The fourth-order valence-corrected chi connectivity index (χ4v) is 3.79. The van der Waals surface area contributed by atoms with Crippen LogP contribution < -0.4 is 5.32 Å². The minimum atomic E-state index is 0.170. The number of Topliss-reactive ketones (excluding diaryl/α,β-unsaturated/α-hetero) is 1.